The van der Waals surface area contributed by atoms with E-state index in [0.29, 0.717) is 11.3 Å². The molecule has 1 amide bonds. The van der Waals surface area contributed by atoms with Crippen LogP contribution in [0, 0.1) is 18.7 Å². The minimum atomic E-state index is -0.676. The number of amides is 1. The van der Waals surface area contributed by atoms with Gasteiger partial charge in [-0.2, -0.15) is 0 Å². The predicted octanol–water partition coefficient (Wildman–Crippen LogP) is 2.48. The van der Waals surface area contributed by atoms with E-state index < -0.39 is 6.10 Å². The first-order valence-corrected chi connectivity index (χ1v) is 5.64. The molecule has 0 aliphatic carbocycles. The van der Waals surface area contributed by atoms with Gasteiger partial charge in [0.2, 0.25) is 5.91 Å². The van der Waals surface area contributed by atoms with Crippen molar-refractivity contribution >= 4 is 11.6 Å². The summed E-state index contributed by atoms with van der Waals surface area (Å²) in [4.78, 5) is 11.5. The van der Waals surface area contributed by atoms with Crippen molar-refractivity contribution in [1.29, 1.82) is 0 Å². The second-order valence-electron chi connectivity index (χ2n) is 4.53. The molecule has 0 saturated carbocycles. The number of aryl methyl sites for hydroxylation is 1. The van der Waals surface area contributed by atoms with Gasteiger partial charge >= 0.3 is 0 Å². The van der Waals surface area contributed by atoms with Crippen molar-refractivity contribution in [2.45, 2.75) is 33.3 Å². The number of aliphatic hydroxyl groups excluding tert-OH is 1. The van der Waals surface area contributed by atoms with Crippen LogP contribution in [0.15, 0.2) is 18.2 Å². The van der Waals surface area contributed by atoms with Crippen molar-refractivity contribution in [2.24, 2.45) is 5.92 Å². The third kappa shape index (κ3) is 4.15. The zero-order chi connectivity index (χ0) is 13.0. The number of carbonyl (C=O) groups excluding carboxylic acids is 1. The van der Waals surface area contributed by atoms with Crippen LogP contribution >= 0.6 is 0 Å². The predicted molar refractivity (Wildman–Crippen MR) is 65.2 cm³/mol. The highest BCUT2D eigenvalue weighted by molar-refractivity contribution is 5.91. The van der Waals surface area contributed by atoms with Crippen LogP contribution in [0.1, 0.15) is 25.8 Å². The average molecular weight is 239 g/mol. The Morgan fingerprint density at radius 2 is 2.12 bits per heavy atom. The molecule has 0 fully saturated rings. The maximum Gasteiger partial charge on any atom is 0.226 e. The SMILES string of the molecule is Cc1ccc(NC(=O)CC(O)C(C)C)cc1F. The van der Waals surface area contributed by atoms with E-state index in [2.05, 4.69) is 5.32 Å². The molecule has 2 N–H and O–H groups in total. The Labute approximate surface area is 101 Å². The van der Waals surface area contributed by atoms with Gasteiger partial charge in [-0.15, -0.1) is 0 Å². The smallest absolute Gasteiger partial charge is 0.226 e. The number of rotatable bonds is 4. The summed E-state index contributed by atoms with van der Waals surface area (Å²) in [5, 5.41) is 12.1. The molecule has 0 spiro atoms. The van der Waals surface area contributed by atoms with E-state index in [0.717, 1.165) is 0 Å². The van der Waals surface area contributed by atoms with Crippen molar-refractivity contribution in [3.63, 3.8) is 0 Å². The molecule has 0 aromatic heterocycles. The number of benzene rings is 1. The molecule has 4 heteroatoms. The highest BCUT2D eigenvalue weighted by Gasteiger charge is 2.14. The van der Waals surface area contributed by atoms with Crippen molar-refractivity contribution < 1.29 is 14.3 Å². The number of hydrogen-bond acceptors (Lipinski definition) is 2. The molecule has 0 aliphatic rings. The molecule has 3 nitrogen and oxygen atoms in total. The first kappa shape index (κ1) is 13.6. The van der Waals surface area contributed by atoms with Crippen LogP contribution in [0.25, 0.3) is 0 Å². The minimum absolute atomic E-state index is 0.0210. The second kappa shape index (κ2) is 5.77. The van der Waals surface area contributed by atoms with Crippen LogP contribution < -0.4 is 5.32 Å². The van der Waals surface area contributed by atoms with E-state index >= 15 is 0 Å². The lowest BCUT2D eigenvalue weighted by Gasteiger charge is -2.14. The molecule has 1 aromatic rings. The van der Waals surface area contributed by atoms with Gasteiger partial charge in [0.25, 0.3) is 0 Å². The Kier molecular flexibility index (Phi) is 4.63. The summed E-state index contributed by atoms with van der Waals surface area (Å²) in [5.41, 5.74) is 0.944. The van der Waals surface area contributed by atoms with Gasteiger partial charge in [-0.25, -0.2) is 4.39 Å². The van der Waals surface area contributed by atoms with E-state index in [9.17, 15) is 14.3 Å². The largest absolute Gasteiger partial charge is 0.392 e. The highest BCUT2D eigenvalue weighted by atomic mass is 19.1. The Balaban J connectivity index is 2.59. The van der Waals surface area contributed by atoms with Crippen molar-refractivity contribution in [3.8, 4) is 0 Å². The van der Waals surface area contributed by atoms with Gasteiger partial charge in [-0.05, 0) is 30.5 Å². The van der Waals surface area contributed by atoms with Gasteiger partial charge in [-0.3, -0.25) is 4.79 Å². The van der Waals surface area contributed by atoms with Crippen LogP contribution in [0.2, 0.25) is 0 Å². The fourth-order valence-electron chi connectivity index (χ4n) is 1.31. The quantitative estimate of drug-likeness (QED) is 0.848. The fourth-order valence-corrected chi connectivity index (χ4v) is 1.31. The van der Waals surface area contributed by atoms with Crippen LogP contribution in [-0.4, -0.2) is 17.1 Å². The Morgan fingerprint density at radius 3 is 2.65 bits per heavy atom. The van der Waals surface area contributed by atoms with Crippen molar-refractivity contribution in [2.75, 3.05) is 5.32 Å². The van der Waals surface area contributed by atoms with Crippen molar-refractivity contribution in [3.05, 3.63) is 29.6 Å². The normalized spacial score (nSPS) is 12.6. The van der Waals surface area contributed by atoms with E-state index in [-0.39, 0.29) is 24.1 Å². The number of nitrogens with one attached hydrogen (secondary N) is 1. The molecular formula is C13H18FNO2. The number of carbonyl (C=O) groups is 1. The van der Waals surface area contributed by atoms with Crippen molar-refractivity contribution in [1.82, 2.24) is 0 Å². The van der Waals surface area contributed by atoms with E-state index in [1.807, 2.05) is 13.8 Å². The standard InChI is InChI=1S/C13H18FNO2/c1-8(2)12(16)7-13(17)15-10-5-4-9(3)11(14)6-10/h4-6,8,12,16H,7H2,1-3H3,(H,15,17). The van der Waals surface area contributed by atoms with Crippen LogP contribution in [0.3, 0.4) is 0 Å². The van der Waals surface area contributed by atoms with Gasteiger partial charge in [0.1, 0.15) is 5.82 Å². The minimum Gasteiger partial charge on any atom is -0.392 e. The summed E-state index contributed by atoms with van der Waals surface area (Å²) in [5.74, 6) is -0.642. The lowest BCUT2D eigenvalue weighted by molar-refractivity contribution is -0.118. The maximum absolute atomic E-state index is 13.2. The Bertz CT molecular complexity index is 404. The molecule has 1 aromatic carbocycles. The zero-order valence-corrected chi connectivity index (χ0v) is 10.3. The van der Waals surface area contributed by atoms with Gasteiger partial charge in [-0.1, -0.05) is 19.9 Å². The monoisotopic (exact) mass is 239 g/mol. The van der Waals surface area contributed by atoms with Gasteiger partial charge in [0.15, 0.2) is 0 Å². The lowest BCUT2D eigenvalue weighted by Crippen LogP contribution is -2.23. The Morgan fingerprint density at radius 1 is 1.47 bits per heavy atom. The molecular weight excluding hydrogens is 221 g/mol. The average Bonchev–Trinajstić information content (AvgIpc) is 2.23. The zero-order valence-electron chi connectivity index (χ0n) is 10.3. The molecule has 94 valence electrons. The van der Waals surface area contributed by atoms with Crippen LogP contribution in [0.5, 0.6) is 0 Å². The topological polar surface area (TPSA) is 49.3 Å². The molecule has 0 bridgehead atoms. The molecule has 1 rings (SSSR count). The first-order chi connectivity index (χ1) is 7.90. The fraction of sp³-hybridized carbons (Fsp3) is 0.462. The maximum atomic E-state index is 13.2. The third-order valence-corrected chi connectivity index (χ3v) is 2.62. The van der Waals surface area contributed by atoms with Crippen LogP contribution in [-0.2, 0) is 4.79 Å². The van der Waals surface area contributed by atoms with E-state index in [4.69, 9.17) is 0 Å². The highest BCUT2D eigenvalue weighted by Crippen LogP contribution is 2.14. The summed E-state index contributed by atoms with van der Waals surface area (Å²) < 4.78 is 13.2. The van der Waals surface area contributed by atoms with Gasteiger partial charge in [0, 0.05) is 5.69 Å². The molecule has 0 aliphatic heterocycles. The summed E-state index contributed by atoms with van der Waals surface area (Å²) in [6.07, 6.45) is -0.655. The molecule has 1 atom stereocenters. The van der Waals surface area contributed by atoms with E-state index in [1.54, 1.807) is 19.1 Å². The Hall–Kier alpha value is -1.42. The van der Waals surface area contributed by atoms with Gasteiger partial charge in [0.05, 0.1) is 12.5 Å². The number of hydrogen-bond donors (Lipinski definition) is 2. The van der Waals surface area contributed by atoms with Gasteiger partial charge < -0.3 is 10.4 Å². The molecule has 0 saturated heterocycles. The number of aliphatic hydroxyl groups is 1. The summed E-state index contributed by atoms with van der Waals surface area (Å²) in [7, 11) is 0. The molecule has 1 unspecified atom stereocenters. The van der Waals surface area contributed by atoms with Crippen LogP contribution in [0.4, 0.5) is 10.1 Å². The summed E-state index contributed by atoms with van der Waals surface area (Å²) >= 11 is 0. The lowest BCUT2D eigenvalue weighted by atomic mass is 10.0. The molecule has 0 heterocycles. The molecule has 0 radical (unpaired) electrons. The third-order valence-electron chi connectivity index (χ3n) is 2.62. The van der Waals surface area contributed by atoms with E-state index in [1.165, 1.54) is 6.07 Å². The second-order valence-corrected chi connectivity index (χ2v) is 4.53. The molecule has 17 heavy (non-hydrogen) atoms. The number of halogens is 1. The summed E-state index contributed by atoms with van der Waals surface area (Å²) in [6, 6.07) is 4.51. The number of anilines is 1. The summed E-state index contributed by atoms with van der Waals surface area (Å²) in [6.45, 7) is 5.33. The first-order valence-electron chi connectivity index (χ1n) is 5.64.